The Morgan fingerprint density at radius 1 is 0.778 bits per heavy atom. The molecule has 0 saturated heterocycles. The van der Waals surface area contributed by atoms with Crippen LogP contribution in [0.3, 0.4) is 0 Å². The maximum atomic E-state index is 13.1. The molecule has 6 rings (SSSR count). The van der Waals surface area contributed by atoms with Gasteiger partial charge in [-0.15, -0.1) is 0 Å². The molecule has 0 aliphatic heterocycles. The van der Waals surface area contributed by atoms with Crippen molar-refractivity contribution in [2.45, 2.75) is 31.2 Å². The van der Waals surface area contributed by atoms with Gasteiger partial charge in [-0.05, 0) is 63.8 Å². The summed E-state index contributed by atoms with van der Waals surface area (Å²) in [6.45, 7) is 0.312. The monoisotopic (exact) mass is 471 g/mol. The van der Waals surface area contributed by atoms with E-state index < -0.39 is 0 Å². The molecule has 0 saturated carbocycles. The number of nitrogens with one attached hydrogen (secondary N) is 1. The second-order valence-electron chi connectivity index (χ2n) is 9.56. The summed E-state index contributed by atoms with van der Waals surface area (Å²) in [4.78, 5) is 13.1. The number of aryl methyl sites for hydroxylation is 1. The maximum absolute atomic E-state index is 13.1. The lowest BCUT2D eigenvalue weighted by Gasteiger charge is -2.24. The van der Waals surface area contributed by atoms with Gasteiger partial charge < -0.3 is 10.1 Å². The predicted molar refractivity (Wildman–Crippen MR) is 145 cm³/mol. The van der Waals surface area contributed by atoms with Crippen LogP contribution in [0, 0.1) is 0 Å². The Labute approximate surface area is 212 Å². The molecule has 36 heavy (non-hydrogen) atoms. The lowest BCUT2D eigenvalue weighted by molar-refractivity contribution is 0.139. The molecule has 0 unspecified atom stereocenters. The van der Waals surface area contributed by atoms with Crippen molar-refractivity contribution in [3.8, 4) is 11.1 Å². The van der Waals surface area contributed by atoms with E-state index in [9.17, 15) is 4.79 Å². The van der Waals surface area contributed by atoms with Gasteiger partial charge in [-0.2, -0.15) is 0 Å². The average Bonchev–Trinajstić information content (AvgIpc) is 3.26. The fourth-order valence-electron chi connectivity index (χ4n) is 5.70. The molecule has 0 radical (unpaired) electrons. The molecule has 178 valence electrons. The number of alkyl carbamates (subject to hydrolysis) is 1. The molecule has 3 nitrogen and oxygen atoms in total. The first-order valence-electron chi connectivity index (χ1n) is 12.7. The number of amides is 1. The lowest BCUT2D eigenvalue weighted by Crippen LogP contribution is -2.30. The zero-order chi connectivity index (χ0) is 24.3. The van der Waals surface area contributed by atoms with Crippen LogP contribution in [0.4, 0.5) is 4.79 Å². The molecule has 4 aromatic rings. The van der Waals surface area contributed by atoms with Gasteiger partial charge in [-0.3, -0.25) is 0 Å². The third-order valence-corrected chi connectivity index (χ3v) is 7.43. The molecule has 4 aromatic carbocycles. The average molecular weight is 472 g/mol. The largest absolute Gasteiger partial charge is 0.449 e. The molecule has 2 aliphatic rings. The summed E-state index contributed by atoms with van der Waals surface area (Å²) < 4.78 is 5.88. The Morgan fingerprint density at radius 2 is 1.39 bits per heavy atom. The van der Waals surface area contributed by atoms with Crippen molar-refractivity contribution < 1.29 is 9.53 Å². The van der Waals surface area contributed by atoms with Gasteiger partial charge in [-0.1, -0.05) is 109 Å². The minimum Gasteiger partial charge on any atom is -0.449 e. The van der Waals surface area contributed by atoms with Gasteiger partial charge in [0.2, 0.25) is 0 Å². The summed E-state index contributed by atoms with van der Waals surface area (Å²) >= 11 is 0. The van der Waals surface area contributed by atoms with Crippen molar-refractivity contribution in [2.24, 2.45) is 0 Å². The summed E-state index contributed by atoms with van der Waals surface area (Å²) in [5, 5.41) is 3.18. The summed E-state index contributed by atoms with van der Waals surface area (Å²) in [6, 6.07) is 35.4. The van der Waals surface area contributed by atoms with Crippen LogP contribution >= 0.6 is 0 Å². The number of fused-ring (bicyclic) bond motifs is 4. The molecule has 0 spiro atoms. The third-order valence-electron chi connectivity index (χ3n) is 7.43. The van der Waals surface area contributed by atoms with Crippen molar-refractivity contribution >= 4 is 11.7 Å². The SMILES string of the molecule is O=C(N[C@H](CC1=CCCc2ccccc21)c1ccccc1)OCC1c2ccccc2-c2ccccc21. The number of hydrogen-bond acceptors (Lipinski definition) is 2. The fourth-order valence-corrected chi connectivity index (χ4v) is 5.70. The number of ether oxygens (including phenoxy) is 1. The van der Waals surface area contributed by atoms with Gasteiger partial charge in [0.25, 0.3) is 0 Å². The van der Waals surface area contributed by atoms with E-state index in [1.54, 1.807) is 0 Å². The number of hydrogen-bond donors (Lipinski definition) is 1. The van der Waals surface area contributed by atoms with Crippen LogP contribution in [0.25, 0.3) is 16.7 Å². The van der Waals surface area contributed by atoms with Crippen molar-refractivity contribution in [1.82, 2.24) is 5.32 Å². The number of carbonyl (C=O) groups is 1. The van der Waals surface area contributed by atoms with Gasteiger partial charge in [0.1, 0.15) is 6.61 Å². The van der Waals surface area contributed by atoms with Crippen LogP contribution in [0.2, 0.25) is 0 Å². The van der Waals surface area contributed by atoms with Crippen LogP contribution < -0.4 is 5.32 Å². The van der Waals surface area contributed by atoms with Gasteiger partial charge in [0, 0.05) is 5.92 Å². The van der Waals surface area contributed by atoms with E-state index in [-0.39, 0.29) is 18.1 Å². The second-order valence-corrected chi connectivity index (χ2v) is 9.56. The Kier molecular flexibility index (Phi) is 6.13. The normalized spacial score (nSPS) is 14.7. The lowest BCUT2D eigenvalue weighted by atomic mass is 9.86. The van der Waals surface area contributed by atoms with E-state index in [0.717, 1.165) is 24.8 Å². The summed E-state index contributed by atoms with van der Waals surface area (Å²) in [5.41, 5.74) is 9.92. The second kappa shape index (κ2) is 9.87. The van der Waals surface area contributed by atoms with Gasteiger partial charge in [-0.25, -0.2) is 4.79 Å². The molecular formula is C33H29NO2. The molecular weight excluding hydrogens is 442 g/mol. The number of carbonyl (C=O) groups excluding carboxylic acids is 1. The molecule has 3 heteroatoms. The Morgan fingerprint density at radius 3 is 2.11 bits per heavy atom. The molecule has 0 fully saturated rings. The van der Waals surface area contributed by atoms with E-state index in [1.165, 1.54) is 39.0 Å². The van der Waals surface area contributed by atoms with Crippen molar-refractivity contribution in [2.75, 3.05) is 6.61 Å². The highest BCUT2D eigenvalue weighted by atomic mass is 16.5. The van der Waals surface area contributed by atoms with Crippen molar-refractivity contribution in [3.05, 3.63) is 137 Å². The van der Waals surface area contributed by atoms with E-state index in [4.69, 9.17) is 4.74 Å². The highest BCUT2D eigenvalue weighted by Crippen LogP contribution is 2.44. The van der Waals surface area contributed by atoms with Gasteiger partial charge in [0.15, 0.2) is 0 Å². The van der Waals surface area contributed by atoms with Crippen molar-refractivity contribution in [3.63, 3.8) is 0 Å². The van der Waals surface area contributed by atoms with E-state index in [0.29, 0.717) is 6.61 Å². The zero-order valence-electron chi connectivity index (χ0n) is 20.2. The fraction of sp³-hybridized carbons (Fsp3) is 0.182. The third kappa shape index (κ3) is 4.33. The van der Waals surface area contributed by atoms with E-state index in [2.05, 4.69) is 96.3 Å². The Bertz CT molecular complexity index is 1380. The Hall–Kier alpha value is -4.11. The van der Waals surface area contributed by atoms with E-state index in [1.807, 2.05) is 18.2 Å². The van der Waals surface area contributed by atoms with Crippen molar-refractivity contribution in [1.29, 1.82) is 0 Å². The first-order chi connectivity index (χ1) is 17.8. The smallest absolute Gasteiger partial charge is 0.407 e. The first-order valence-corrected chi connectivity index (χ1v) is 12.7. The summed E-state index contributed by atoms with van der Waals surface area (Å²) in [7, 11) is 0. The van der Waals surface area contributed by atoms with Crippen LogP contribution in [-0.4, -0.2) is 12.7 Å². The number of allylic oxidation sites excluding steroid dienone is 1. The molecule has 0 aromatic heterocycles. The molecule has 0 heterocycles. The van der Waals surface area contributed by atoms with Crippen LogP contribution in [-0.2, 0) is 11.2 Å². The topological polar surface area (TPSA) is 38.3 Å². The zero-order valence-corrected chi connectivity index (χ0v) is 20.2. The minimum absolute atomic E-state index is 0.0475. The molecule has 1 atom stereocenters. The standard InChI is InChI=1S/C33H29NO2/c35-33(36-22-31-29-19-8-6-17-27(29)28-18-7-9-20-30(28)31)34-32(24-12-2-1-3-13-24)21-25-15-10-14-23-11-4-5-16-26(23)25/h1-9,11-13,15-20,31-32H,10,14,21-22H2,(H,34,35)/t32-/m1/s1. The molecule has 1 amide bonds. The van der Waals surface area contributed by atoms with Crippen LogP contribution in [0.15, 0.2) is 109 Å². The highest BCUT2D eigenvalue weighted by molar-refractivity contribution is 5.79. The quantitative estimate of drug-likeness (QED) is 0.313. The van der Waals surface area contributed by atoms with Gasteiger partial charge in [0.05, 0.1) is 6.04 Å². The van der Waals surface area contributed by atoms with Crippen LogP contribution in [0.5, 0.6) is 0 Å². The minimum atomic E-state index is -0.379. The number of rotatable bonds is 6. The molecule has 0 bridgehead atoms. The number of benzene rings is 4. The van der Waals surface area contributed by atoms with Crippen LogP contribution in [0.1, 0.15) is 52.6 Å². The highest BCUT2D eigenvalue weighted by Gasteiger charge is 2.29. The summed E-state index contributed by atoms with van der Waals surface area (Å²) in [5.74, 6) is 0.0475. The maximum Gasteiger partial charge on any atom is 0.407 e. The van der Waals surface area contributed by atoms with E-state index >= 15 is 0 Å². The summed E-state index contributed by atoms with van der Waals surface area (Å²) in [6.07, 6.45) is 4.76. The first kappa shape index (κ1) is 22.4. The predicted octanol–water partition coefficient (Wildman–Crippen LogP) is 7.69. The molecule has 2 aliphatic carbocycles. The molecule has 1 N–H and O–H groups in total. The Balaban J connectivity index is 1.20. The van der Waals surface area contributed by atoms with Gasteiger partial charge >= 0.3 is 6.09 Å².